The lowest BCUT2D eigenvalue weighted by molar-refractivity contribution is -0.141. The van der Waals surface area contributed by atoms with Crippen LogP contribution in [0.15, 0.2) is 24.3 Å². The fourth-order valence-corrected chi connectivity index (χ4v) is 2.86. The fraction of sp³-hybridized carbons (Fsp3) is 0.529. The Kier molecular flexibility index (Phi) is 5.60. The van der Waals surface area contributed by atoms with Crippen molar-refractivity contribution in [1.29, 1.82) is 0 Å². The van der Waals surface area contributed by atoms with Crippen LogP contribution >= 0.6 is 0 Å². The molecule has 23 heavy (non-hydrogen) atoms. The zero-order valence-corrected chi connectivity index (χ0v) is 14.1. The topological polar surface area (TPSA) is 59.1 Å². The molecular formula is C17H24N2O4. The average Bonchev–Trinajstić information content (AvgIpc) is 2.54. The molecule has 2 rings (SSSR count). The van der Waals surface area contributed by atoms with Gasteiger partial charge in [0.15, 0.2) is 6.10 Å². The van der Waals surface area contributed by atoms with Crippen molar-refractivity contribution in [2.75, 3.05) is 31.7 Å². The van der Waals surface area contributed by atoms with E-state index in [2.05, 4.69) is 0 Å². The lowest BCUT2D eigenvalue weighted by atomic mass is 10.1. The number of likely N-dealkylation sites (N-methyl/N-ethyl adjacent to an activating group) is 1. The van der Waals surface area contributed by atoms with Gasteiger partial charge in [0.2, 0.25) is 5.91 Å². The lowest BCUT2D eigenvalue weighted by Crippen LogP contribution is -2.54. The van der Waals surface area contributed by atoms with E-state index in [0.29, 0.717) is 24.6 Å². The van der Waals surface area contributed by atoms with Crippen LogP contribution < -0.4 is 9.64 Å². The van der Waals surface area contributed by atoms with Crippen LogP contribution in [0.2, 0.25) is 0 Å². The van der Waals surface area contributed by atoms with E-state index in [1.165, 1.54) is 6.92 Å². The first-order chi connectivity index (χ1) is 11.0. The van der Waals surface area contributed by atoms with Gasteiger partial charge in [-0.05, 0) is 26.0 Å². The predicted octanol–water partition coefficient (Wildman–Crippen LogP) is 1.68. The summed E-state index contributed by atoms with van der Waals surface area (Å²) in [6.45, 7) is 6.59. The summed E-state index contributed by atoms with van der Waals surface area (Å²) in [6.07, 6.45) is -0.701. The van der Waals surface area contributed by atoms with E-state index in [4.69, 9.17) is 9.47 Å². The van der Waals surface area contributed by atoms with E-state index < -0.39 is 6.10 Å². The number of carbonyl (C=O) groups excluding carboxylic acids is 2. The number of amides is 2. The molecule has 0 fully saturated rings. The first-order valence-corrected chi connectivity index (χ1v) is 7.82. The third-order valence-corrected chi connectivity index (χ3v) is 3.99. The van der Waals surface area contributed by atoms with Gasteiger partial charge in [-0.25, -0.2) is 0 Å². The number of fused-ring (bicyclic) bond motifs is 1. The summed E-state index contributed by atoms with van der Waals surface area (Å²) in [7, 11) is 1.61. The summed E-state index contributed by atoms with van der Waals surface area (Å²) in [5.41, 5.74) is 0.706. The molecule has 1 aliphatic rings. The summed E-state index contributed by atoms with van der Waals surface area (Å²) in [5, 5.41) is 0. The number of carbonyl (C=O) groups is 2. The molecular weight excluding hydrogens is 296 g/mol. The van der Waals surface area contributed by atoms with Crippen molar-refractivity contribution in [2.24, 2.45) is 0 Å². The van der Waals surface area contributed by atoms with Gasteiger partial charge in [-0.2, -0.15) is 0 Å². The van der Waals surface area contributed by atoms with Gasteiger partial charge in [0.05, 0.1) is 24.9 Å². The Bertz CT molecular complexity index is 575. The van der Waals surface area contributed by atoms with Gasteiger partial charge in [0.1, 0.15) is 5.75 Å². The molecule has 0 aliphatic carbocycles. The Morgan fingerprint density at radius 1 is 1.43 bits per heavy atom. The van der Waals surface area contributed by atoms with Gasteiger partial charge in [0.25, 0.3) is 5.91 Å². The number of benzene rings is 1. The molecule has 0 spiro atoms. The number of nitrogens with zero attached hydrogens (tertiary/aromatic N) is 2. The smallest absolute Gasteiger partial charge is 0.265 e. The van der Waals surface area contributed by atoms with Crippen LogP contribution in [-0.2, 0) is 14.3 Å². The second-order valence-corrected chi connectivity index (χ2v) is 5.63. The SMILES string of the molecule is CCN(C(=O)[C@H]1CN(C(C)=O)c2ccccc2O1)[C@@H](C)COC. The van der Waals surface area contributed by atoms with Crippen molar-refractivity contribution in [3.8, 4) is 5.75 Å². The Morgan fingerprint density at radius 2 is 2.13 bits per heavy atom. The monoisotopic (exact) mass is 320 g/mol. The molecule has 1 aliphatic heterocycles. The molecule has 1 heterocycles. The number of ether oxygens (including phenoxy) is 2. The molecule has 0 N–H and O–H groups in total. The highest BCUT2D eigenvalue weighted by molar-refractivity contribution is 5.95. The quantitative estimate of drug-likeness (QED) is 0.828. The molecule has 0 saturated carbocycles. The first-order valence-electron chi connectivity index (χ1n) is 7.82. The fourth-order valence-electron chi connectivity index (χ4n) is 2.86. The minimum atomic E-state index is -0.701. The van der Waals surface area contributed by atoms with E-state index in [0.717, 1.165) is 0 Å². The highest BCUT2D eigenvalue weighted by Gasteiger charge is 2.35. The maximum atomic E-state index is 12.8. The number of rotatable bonds is 5. The number of para-hydroxylation sites is 2. The molecule has 1 aromatic carbocycles. The standard InChI is InChI=1S/C17H24N2O4/c1-5-18(12(2)11-22-4)17(21)16-10-19(13(3)20)14-8-6-7-9-15(14)23-16/h6-9,12,16H,5,10-11H2,1-4H3/t12-,16+/m0/s1. The zero-order chi connectivity index (χ0) is 17.0. The minimum Gasteiger partial charge on any atom is -0.476 e. The number of hydrogen-bond acceptors (Lipinski definition) is 4. The van der Waals surface area contributed by atoms with Gasteiger partial charge in [0, 0.05) is 20.6 Å². The maximum Gasteiger partial charge on any atom is 0.265 e. The van der Waals surface area contributed by atoms with Crippen molar-refractivity contribution in [1.82, 2.24) is 4.90 Å². The largest absolute Gasteiger partial charge is 0.476 e. The van der Waals surface area contributed by atoms with Gasteiger partial charge < -0.3 is 19.3 Å². The normalized spacial score (nSPS) is 17.9. The van der Waals surface area contributed by atoms with Crippen molar-refractivity contribution < 1.29 is 19.1 Å². The Morgan fingerprint density at radius 3 is 2.74 bits per heavy atom. The predicted molar refractivity (Wildman–Crippen MR) is 87.6 cm³/mol. The summed E-state index contributed by atoms with van der Waals surface area (Å²) < 4.78 is 11.0. The highest BCUT2D eigenvalue weighted by atomic mass is 16.5. The van der Waals surface area contributed by atoms with Crippen LogP contribution in [0.3, 0.4) is 0 Å². The highest BCUT2D eigenvalue weighted by Crippen LogP contribution is 2.33. The van der Waals surface area contributed by atoms with Gasteiger partial charge in [-0.1, -0.05) is 12.1 Å². The van der Waals surface area contributed by atoms with E-state index in [9.17, 15) is 9.59 Å². The van der Waals surface area contributed by atoms with Gasteiger partial charge >= 0.3 is 0 Å². The number of hydrogen-bond donors (Lipinski definition) is 0. The van der Waals surface area contributed by atoms with E-state index in [1.54, 1.807) is 23.0 Å². The summed E-state index contributed by atoms with van der Waals surface area (Å²) in [5.74, 6) is 0.326. The summed E-state index contributed by atoms with van der Waals surface area (Å²) in [6, 6.07) is 7.22. The van der Waals surface area contributed by atoms with Crippen LogP contribution in [0.4, 0.5) is 5.69 Å². The lowest BCUT2D eigenvalue weighted by Gasteiger charge is -2.37. The van der Waals surface area contributed by atoms with Crippen molar-refractivity contribution in [2.45, 2.75) is 32.9 Å². The Labute approximate surface area is 137 Å². The van der Waals surface area contributed by atoms with Crippen LogP contribution in [0.25, 0.3) is 0 Å². The molecule has 0 bridgehead atoms. The molecule has 0 saturated heterocycles. The summed E-state index contributed by atoms with van der Waals surface area (Å²) >= 11 is 0. The molecule has 0 aromatic heterocycles. The molecule has 2 amide bonds. The maximum absolute atomic E-state index is 12.8. The average molecular weight is 320 g/mol. The molecule has 6 nitrogen and oxygen atoms in total. The zero-order valence-electron chi connectivity index (χ0n) is 14.1. The van der Waals surface area contributed by atoms with Crippen LogP contribution in [0.1, 0.15) is 20.8 Å². The van der Waals surface area contributed by atoms with Crippen LogP contribution in [-0.4, -0.2) is 55.7 Å². The molecule has 0 unspecified atom stereocenters. The van der Waals surface area contributed by atoms with E-state index in [1.807, 2.05) is 32.0 Å². The molecule has 6 heteroatoms. The van der Waals surface area contributed by atoms with Gasteiger partial charge in [-0.15, -0.1) is 0 Å². The second kappa shape index (κ2) is 7.46. The van der Waals surface area contributed by atoms with Crippen LogP contribution in [0, 0.1) is 0 Å². The Hall–Kier alpha value is -2.08. The van der Waals surface area contributed by atoms with Crippen molar-refractivity contribution in [3.63, 3.8) is 0 Å². The number of methoxy groups -OCH3 is 1. The van der Waals surface area contributed by atoms with Gasteiger partial charge in [-0.3, -0.25) is 9.59 Å². The number of anilines is 1. The Balaban J connectivity index is 2.24. The minimum absolute atomic E-state index is 0.0518. The van der Waals surface area contributed by atoms with Crippen molar-refractivity contribution >= 4 is 17.5 Å². The second-order valence-electron chi connectivity index (χ2n) is 5.63. The third-order valence-electron chi connectivity index (χ3n) is 3.99. The van der Waals surface area contributed by atoms with E-state index >= 15 is 0 Å². The third kappa shape index (κ3) is 3.64. The van der Waals surface area contributed by atoms with Crippen molar-refractivity contribution in [3.05, 3.63) is 24.3 Å². The molecule has 0 radical (unpaired) electrons. The summed E-state index contributed by atoms with van der Waals surface area (Å²) in [4.78, 5) is 28.1. The molecule has 1 aromatic rings. The molecule has 2 atom stereocenters. The first kappa shape index (κ1) is 17.3. The van der Waals surface area contributed by atoms with E-state index in [-0.39, 0.29) is 24.4 Å². The molecule has 126 valence electrons. The van der Waals surface area contributed by atoms with Crippen LogP contribution in [0.5, 0.6) is 5.75 Å².